The van der Waals surface area contributed by atoms with E-state index in [2.05, 4.69) is 20.3 Å². The monoisotopic (exact) mass is 379 g/mol. The van der Waals surface area contributed by atoms with Crippen molar-refractivity contribution in [1.82, 2.24) is 25.0 Å². The molecule has 2 aromatic heterocycles. The maximum Gasteiger partial charge on any atom is 0.251 e. The van der Waals surface area contributed by atoms with Crippen molar-refractivity contribution >= 4 is 5.91 Å². The van der Waals surface area contributed by atoms with Crippen molar-refractivity contribution in [3.8, 4) is 0 Å². The van der Waals surface area contributed by atoms with Gasteiger partial charge in [0.05, 0.1) is 18.8 Å². The molecular formula is C21H25N5O2. The van der Waals surface area contributed by atoms with E-state index in [4.69, 9.17) is 4.42 Å². The molecule has 1 atom stereocenters. The molecule has 7 nitrogen and oxygen atoms in total. The van der Waals surface area contributed by atoms with Crippen LogP contribution in [0.25, 0.3) is 0 Å². The molecule has 1 fully saturated rings. The maximum atomic E-state index is 12.6. The number of hydrogen-bond acceptors (Lipinski definition) is 5. The fourth-order valence-electron chi connectivity index (χ4n) is 3.67. The lowest BCUT2D eigenvalue weighted by atomic mass is 10.1. The van der Waals surface area contributed by atoms with Gasteiger partial charge in [0.2, 0.25) is 0 Å². The van der Waals surface area contributed by atoms with Gasteiger partial charge in [-0.1, -0.05) is 18.6 Å². The lowest BCUT2D eigenvalue weighted by Gasteiger charge is -2.33. The topological polar surface area (TPSA) is 76.2 Å². The Kier molecular flexibility index (Phi) is 5.82. The predicted molar refractivity (Wildman–Crippen MR) is 105 cm³/mol. The van der Waals surface area contributed by atoms with Crippen LogP contribution < -0.4 is 5.32 Å². The fraction of sp³-hybridized carbons (Fsp3) is 0.381. The number of carbonyl (C=O) groups excluding carboxylic acids is 1. The second-order valence-corrected chi connectivity index (χ2v) is 7.13. The molecule has 0 radical (unpaired) electrons. The van der Waals surface area contributed by atoms with Crippen molar-refractivity contribution in [1.29, 1.82) is 0 Å². The van der Waals surface area contributed by atoms with Crippen molar-refractivity contribution in [3.05, 3.63) is 72.2 Å². The average Bonchev–Trinajstić information content (AvgIpc) is 3.44. The van der Waals surface area contributed by atoms with E-state index in [-0.39, 0.29) is 11.9 Å². The highest BCUT2D eigenvalue weighted by Gasteiger charge is 2.25. The van der Waals surface area contributed by atoms with E-state index >= 15 is 0 Å². The second kappa shape index (κ2) is 8.84. The van der Waals surface area contributed by atoms with E-state index < -0.39 is 0 Å². The molecule has 0 unspecified atom stereocenters. The minimum absolute atomic E-state index is 0.0686. The number of nitrogens with zero attached hydrogens (tertiary/aromatic N) is 4. The number of furan rings is 1. The smallest absolute Gasteiger partial charge is 0.251 e. The molecular weight excluding hydrogens is 354 g/mol. The van der Waals surface area contributed by atoms with Crippen LogP contribution in [-0.4, -0.2) is 45.2 Å². The number of nitrogens with one attached hydrogen (secondary N) is 1. The number of amides is 1. The number of carbonyl (C=O) groups is 1. The predicted octanol–water partition coefficient (Wildman–Crippen LogP) is 2.88. The summed E-state index contributed by atoms with van der Waals surface area (Å²) < 4.78 is 7.40. The third kappa shape index (κ3) is 4.48. The van der Waals surface area contributed by atoms with Crippen LogP contribution in [0.1, 0.15) is 47.0 Å². The summed E-state index contributed by atoms with van der Waals surface area (Å²) in [5, 5.41) is 7.18. The van der Waals surface area contributed by atoms with Crippen molar-refractivity contribution in [2.24, 2.45) is 0 Å². The number of benzene rings is 1. The fourth-order valence-corrected chi connectivity index (χ4v) is 3.67. The third-order valence-corrected chi connectivity index (χ3v) is 5.19. The summed E-state index contributed by atoms with van der Waals surface area (Å²) in [6.07, 6.45) is 8.54. The zero-order valence-corrected chi connectivity index (χ0v) is 15.8. The zero-order chi connectivity index (χ0) is 19.2. The molecule has 4 rings (SSSR count). The third-order valence-electron chi connectivity index (χ3n) is 5.19. The van der Waals surface area contributed by atoms with Crippen LogP contribution >= 0.6 is 0 Å². The van der Waals surface area contributed by atoms with Crippen LogP contribution in [-0.2, 0) is 6.54 Å². The van der Waals surface area contributed by atoms with Crippen molar-refractivity contribution in [2.45, 2.75) is 31.8 Å². The van der Waals surface area contributed by atoms with Gasteiger partial charge in [-0.25, -0.2) is 9.67 Å². The molecule has 3 aromatic rings. The Hall–Kier alpha value is -2.93. The number of rotatable bonds is 7. The number of piperidine rings is 1. The van der Waals surface area contributed by atoms with Gasteiger partial charge < -0.3 is 9.73 Å². The van der Waals surface area contributed by atoms with Gasteiger partial charge in [0.25, 0.3) is 5.91 Å². The molecule has 1 aromatic carbocycles. The molecule has 1 saturated heterocycles. The Bertz CT molecular complexity index is 853. The Morgan fingerprint density at radius 3 is 2.64 bits per heavy atom. The summed E-state index contributed by atoms with van der Waals surface area (Å²) in [5.41, 5.74) is 1.73. The lowest BCUT2D eigenvalue weighted by Crippen LogP contribution is -2.40. The molecule has 1 aliphatic rings. The minimum atomic E-state index is -0.0686. The van der Waals surface area contributed by atoms with Crippen LogP contribution in [0.15, 0.2) is 59.7 Å². The van der Waals surface area contributed by atoms with Crippen LogP contribution in [0.2, 0.25) is 0 Å². The van der Waals surface area contributed by atoms with E-state index in [1.807, 2.05) is 36.4 Å². The van der Waals surface area contributed by atoms with Crippen LogP contribution in [0.5, 0.6) is 0 Å². The van der Waals surface area contributed by atoms with Gasteiger partial charge in [0, 0.05) is 12.1 Å². The summed E-state index contributed by atoms with van der Waals surface area (Å²) in [5.74, 6) is 0.839. The normalized spacial score (nSPS) is 16.0. The van der Waals surface area contributed by atoms with E-state index in [0.29, 0.717) is 18.7 Å². The molecule has 1 N–H and O–H groups in total. The Morgan fingerprint density at radius 1 is 1.14 bits per heavy atom. The highest BCUT2D eigenvalue weighted by molar-refractivity contribution is 5.94. The Morgan fingerprint density at radius 2 is 1.96 bits per heavy atom. The average molecular weight is 379 g/mol. The standard InChI is InChI=1S/C21H25N5O2/c27-21(18-8-6-17(7-9-18)14-26-16-22-15-24-26)23-13-19(20-5-4-12-28-20)25-10-2-1-3-11-25/h4-9,12,15-16,19H,1-3,10-11,13-14H2,(H,23,27)/t19-/m0/s1. The number of hydrogen-bond donors (Lipinski definition) is 1. The first-order valence-corrected chi connectivity index (χ1v) is 9.76. The van der Waals surface area contributed by atoms with Crippen molar-refractivity contribution in [3.63, 3.8) is 0 Å². The number of likely N-dealkylation sites (tertiary alicyclic amines) is 1. The molecule has 0 aliphatic carbocycles. The summed E-state index contributed by atoms with van der Waals surface area (Å²) in [4.78, 5) is 19.0. The quantitative estimate of drug-likeness (QED) is 0.683. The summed E-state index contributed by atoms with van der Waals surface area (Å²) in [6, 6.07) is 11.6. The van der Waals surface area contributed by atoms with E-state index in [1.165, 1.54) is 25.6 Å². The van der Waals surface area contributed by atoms with Crippen LogP contribution in [0.3, 0.4) is 0 Å². The van der Waals surface area contributed by atoms with Crippen molar-refractivity contribution < 1.29 is 9.21 Å². The highest BCUT2D eigenvalue weighted by Crippen LogP contribution is 2.24. The molecule has 0 spiro atoms. The first-order valence-electron chi connectivity index (χ1n) is 9.76. The van der Waals surface area contributed by atoms with E-state index in [0.717, 1.165) is 24.4 Å². The molecule has 3 heterocycles. The second-order valence-electron chi connectivity index (χ2n) is 7.13. The Balaban J connectivity index is 1.37. The largest absolute Gasteiger partial charge is 0.468 e. The van der Waals surface area contributed by atoms with Crippen LogP contribution in [0.4, 0.5) is 0 Å². The van der Waals surface area contributed by atoms with Gasteiger partial charge in [-0.3, -0.25) is 9.69 Å². The van der Waals surface area contributed by atoms with Gasteiger partial charge in [0.1, 0.15) is 18.4 Å². The molecule has 1 amide bonds. The number of aromatic nitrogens is 3. The van der Waals surface area contributed by atoms with Gasteiger partial charge in [-0.15, -0.1) is 0 Å². The van der Waals surface area contributed by atoms with E-state index in [9.17, 15) is 4.79 Å². The molecule has 1 aliphatic heterocycles. The highest BCUT2D eigenvalue weighted by atomic mass is 16.3. The van der Waals surface area contributed by atoms with Gasteiger partial charge in [0.15, 0.2) is 0 Å². The first kappa shape index (κ1) is 18.4. The molecule has 7 heteroatoms. The van der Waals surface area contributed by atoms with Gasteiger partial charge >= 0.3 is 0 Å². The Labute approximate surface area is 164 Å². The van der Waals surface area contributed by atoms with Crippen molar-refractivity contribution in [2.75, 3.05) is 19.6 Å². The van der Waals surface area contributed by atoms with E-state index in [1.54, 1.807) is 17.3 Å². The zero-order valence-electron chi connectivity index (χ0n) is 15.8. The summed E-state index contributed by atoms with van der Waals surface area (Å²) >= 11 is 0. The molecule has 28 heavy (non-hydrogen) atoms. The van der Waals surface area contributed by atoms with Gasteiger partial charge in [-0.2, -0.15) is 5.10 Å². The van der Waals surface area contributed by atoms with Crippen LogP contribution in [0, 0.1) is 0 Å². The molecule has 0 bridgehead atoms. The SMILES string of the molecule is O=C(NC[C@@H](c1ccco1)N1CCCCC1)c1ccc(Cn2cncn2)cc1. The summed E-state index contributed by atoms with van der Waals surface area (Å²) in [6.45, 7) is 3.25. The summed E-state index contributed by atoms with van der Waals surface area (Å²) in [7, 11) is 0. The molecule has 0 saturated carbocycles. The first-order chi connectivity index (χ1) is 13.8. The minimum Gasteiger partial charge on any atom is -0.468 e. The van der Waals surface area contributed by atoms with Gasteiger partial charge in [-0.05, 0) is 55.8 Å². The molecule has 146 valence electrons. The lowest BCUT2D eigenvalue weighted by molar-refractivity contribution is 0.0914. The maximum absolute atomic E-state index is 12.6.